The van der Waals surface area contributed by atoms with E-state index in [9.17, 15) is 0 Å². The molecule has 21 heavy (non-hydrogen) atoms. The molecule has 0 spiro atoms. The topological polar surface area (TPSA) is 0 Å². The fraction of sp³-hybridized carbons (Fsp3) is 0.250. The smallest absolute Gasteiger partial charge is 0 e. The van der Waals surface area contributed by atoms with Crippen LogP contribution >= 0.6 is 15.9 Å². The SMILES string of the molecule is Cc1[c-]c[c-]c(C)c1Br.[Y].[Y].[Y].[Y].[Y].[Y].[Y].[Y].[Y].[Y].[Y].[Y]. The third-order valence-corrected chi connectivity index (χ3v) is 2.43. The summed E-state index contributed by atoms with van der Waals surface area (Å²) in [6.07, 6.45) is 0. The van der Waals surface area contributed by atoms with E-state index in [1.807, 2.05) is 19.9 Å². The molecule has 0 atom stereocenters. The number of rotatable bonds is 0. The largest absolute Gasteiger partial charge is 0.355 e. The van der Waals surface area contributed by atoms with Crippen molar-refractivity contribution >= 4 is 15.9 Å². The minimum Gasteiger partial charge on any atom is -0.355 e. The van der Waals surface area contributed by atoms with Gasteiger partial charge in [-0.15, -0.1) is 0 Å². The number of benzene rings is 1. The summed E-state index contributed by atoms with van der Waals surface area (Å²) in [5.74, 6) is 0. The Morgan fingerprint density at radius 2 is 0.762 bits per heavy atom. The second-order valence-electron chi connectivity index (χ2n) is 2.00. The maximum atomic E-state index is 3.42. The number of aryl methyl sites for hydroxylation is 2. The van der Waals surface area contributed by atoms with Gasteiger partial charge in [-0.05, 0) is 0 Å². The first kappa shape index (κ1) is 76.5. The molecule has 1 aromatic carbocycles. The molecule has 12 radical (unpaired) electrons. The van der Waals surface area contributed by atoms with Crippen molar-refractivity contribution in [1.29, 1.82) is 0 Å². The molecule has 0 amide bonds. The van der Waals surface area contributed by atoms with E-state index < -0.39 is 0 Å². The van der Waals surface area contributed by atoms with Crippen LogP contribution in [0.3, 0.4) is 0 Å². The first-order chi connectivity index (χ1) is 4.22. The van der Waals surface area contributed by atoms with Crippen LogP contribution in [0, 0.1) is 26.0 Å². The Morgan fingerprint density at radius 1 is 0.571 bits per heavy atom. The van der Waals surface area contributed by atoms with Crippen molar-refractivity contribution in [3.63, 3.8) is 0 Å². The Hall–Kier alpha value is 12.9. The molecule has 84 valence electrons. The van der Waals surface area contributed by atoms with Crippen molar-refractivity contribution in [3.8, 4) is 0 Å². The van der Waals surface area contributed by atoms with Crippen LogP contribution in [0.15, 0.2) is 10.5 Å². The molecule has 0 saturated carbocycles. The molecule has 0 fully saturated rings. The summed E-state index contributed by atoms with van der Waals surface area (Å²) in [7, 11) is 0. The van der Waals surface area contributed by atoms with Gasteiger partial charge in [0, 0.05) is 393 Å². The number of halogens is 1. The molecule has 0 N–H and O–H groups in total. The van der Waals surface area contributed by atoms with E-state index in [0.717, 1.165) is 15.6 Å². The van der Waals surface area contributed by atoms with Crippen LogP contribution in [-0.4, -0.2) is 0 Å². The Morgan fingerprint density at radius 3 is 0.905 bits per heavy atom. The molecule has 0 heterocycles. The molecular weight excluding hydrogens is 1240 g/mol. The second kappa shape index (κ2) is 54.0. The van der Waals surface area contributed by atoms with Gasteiger partial charge in [-0.2, -0.15) is 0 Å². The van der Waals surface area contributed by atoms with Crippen LogP contribution in [0.2, 0.25) is 0 Å². The molecule has 13 heteroatoms. The summed E-state index contributed by atoms with van der Waals surface area (Å²) < 4.78 is 1.12. The molecule has 0 aliphatic heterocycles. The Kier molecular flexibility index (Phi) is 197. The van der Waals surface area contributed by atoms with Crippen LogP contribution in [0.5, 0.6) is 0 Å². The van der Waals surface area contributed by atoms with Crippen LogP contribution in [-0.2, 0) is 393 Å². The first-order valence-corrected chi connectivity index (χ1v) is 3.56. The van der Waals surface area contributed by atoms with Gasteiger partial charge in [0.05, 0.1) is 0 Å². The third kappa shape index (κ3) is 43.5. The average Bonchev–Trinajstić information content (AvgIpc) is 1.83. The van der Waals surface area contributed by atoms with E-state index in [0.29, 0.717) is 0 Å². The zero-order valence-electron chi connectivity index (χ0n) is 12.4. The van der Waals surface area contributed by atoms with Crippen LogP contribution < -0.4 is 0 Å². The van der Waals surface area contributed by atoms with Gasteiger partial charge in [0.1, 0.15) is 0 Å². The number of hydrogen-bond donors (Lipinski definition) is 0. The minimum atomic E-state index is 0. The monoisotopic (exact) mass is 1250 g/mol. The third-order valence-electron chi connectivity index (χ3n) is 1.24. The average molecular weight is 1250 g/mol. The van der Waals surface area contributed by atoms with E-state index in [2.05, 4.69) is 28.1 Å². The quantitative estimate of drug-likeness (QED) is 0.352. The van der Waals surface area contributed by atoms with Gasteiger partial charge >= 0.3 is 0 Å². The van der Waals surface area contributed by atoms with Gasteiger partial charge < -0.3 is 18.2 Å². The van der Waals surface area contributed by atoms with Crippen LogP contribution in [0.1, 0.15) is 11.1 Å². The van der Waals surface area contributed by atoms with Crippen LogP contribution in [0.25, 0.3) is 0 Å². The summed E-state index contributed by atoms with van der Waals surface area (Å²) >= 11 is 3.42. The molecule has 0 unspecified atom stereocenters. The van der Waals surface area contributed by atoms with E-state index >= 15 is 0 Å². The van der Waals surface area contributed by atoms with Gasteiger partial charge in [0.15, 0.2) is 0 Å². The number of hydrogen-bond acceptors (Lipinski definition) is 0. The maximum absolute atomic E-state index is 3.42. The molecule has 0 bridgehead atoms. The molecule has 0 saturated heterocycles. The summed E-state index contributed by atoms with van der Waals surface area (Å²) in [5, 5.41) is 0. The standard InChI is InChI=1S/C8H7Br.12Y/c1-6-4-3-5-7(2)8(6)9;;;;;;;;;;;;/h3H,1-2H3;;;;;;;;;;;;/q-2;;;;;;;;;;;;. The van der Waals surface area contributed by atoms with Gasteiger partial charge in [-0.25, -0.2) is 20.4 Å². The fourth-order valence-corrected chi connectivity index (χ4v) is 0.889. The van der Waals surface area contributed by atoms with E-state index in [1.165, 1.54) is 0 Å². The second-order valence-corrected chi connectivity index (χ2v) is 2.79. The fourth-order valence-electron chi connectivity index (χ4n) is 0.661. The van der Waals surface area contributed by atoms with Gasteiger partial charge in [-0.3, -0.25) is 11.1 Å². The molecule has 0 aliphatic rings. The molecule has 1 aromatic rings. The maximum Gasteiger partial charge on any atom is 0 e. The van der Waals surface area contributed by atoms with Gasteiger partial charge in [-0.1, -0.05) is 13.8 Å². The van der Waals surface area contributed by atoms with Crippen molar-refractivity contribution < 1.29 is 393 Å². The van der Waals surface area contributed by atoms with Crippen molar-refractivity contribution in [2.75, 3.05) is 0 Å². The summed E-state index contributed by atoms with van der Waals surface area (Å²) in [5.41, 5.74) is 2.29. The normalized spacial score (nSPS) is 4.14. The van der Waals surface area contributed by atoms with Crippen molar-refractivity contribution in [2.24, 2.45) is 0 Å². The molecule has 0 aliphatic carbocycles. The zero-order valence-corrected chi connectivity index (χ0v) is 48.0. The molecule has 0 aromatic heterocycles. The van der Waals surface area contributed by atoms with Crippen molar-refractivity contribution in [3.05, 3.63) is 33.8 Å². The summed E-state index contributed by atoms with van der Waals surface area (Å²) in [6.45, 7) is 4.04. The Balaban J connectivity index is -0.00000000675. The van der Waals surface area contributed by atoms with E-state index in [4.69, 9.17) is 0 Å². The van der Waals surface area contributed by atoms with Gasteiger partial charge in [0.2, 0.25) is 0 Å². The van der Waals surface area contributed by atoms with Crippen molar-refractivity contribution in [1.82, 2.24) is 0 Å². The van der Waals surface area contributed by atoms with Crippen molar-refractivity contribution in [2.45, 2.75) is 13.8 Å². The zero-order chi connectivity index (χ0) is 6.85. The van der Waals surface area contributed by atoms with Crippen LogP contribution in [0.4, 0.5) is 0 Å². The van der Waals surface area contributed by atoms with E-state index in [1.54, 1.807) is 0 Å². The minimum absolute atomic E-state index is 0. The predicted molar refractivity (Wildman–Crippen MR) is 41.3 cm³/mol. The predicted octanol–water partition coefficient (Wildman–Crippen LogP) is 2.64. The Bertz CT molecular complexity index is 216. The first-order valence-electron chi connectivity index (χ1n) is 2.77. The molecule has 1 rings (SSSR count). The van der Waals surface area contributed by atoms with Gasteiger partial charge in [0.25, 0.3) is 0 Å². The summed E-state index contributed by atoms with van der Waals surface area (Å²) in [6, 6.07) is 7.89. The Labute approximate surface area is 441 Å². The van der Waals surface area contributed by atoms with E-state index in [-0.39, 0.29) is 393 Å². The molecule has 0 nitrogen and oxygen atoms in total. The molecular formula is C8H7BrY12-2. The summed E-state index contributed by atoms with van der Waals surface area (Å²) in [4.78, 5) is 0.